The van der Waals surface area contributed by atoms with Crippen molar-refractivity contribution < 1.29 is 66.0 Å². The Morgan fingerprint density at radius 2 is 1.46 bits per heavy atom. The third-order valence-corrected chi connectivity index (χ3v) is 16.7. The predicted octanol–water partition coefficient (Wildman–Crippen LogP) is 10.1. The van der Waals surface area contributed by atoms with Crippen LogP contribution < -0.4 is 0 Å². The number of halogens is 7. The minimum atomic E-state index is -4.67. The van der Waals surface area contributed by atoms with Gasteiger partial charge in [-0.2, -0.15) is 26.3 Å². The lowest BCUT2D eigenvalue weighted by atomic mass is 9.92. The first-order valence-corrected chi connectivity index (χ1v) is 23.6. The van der Waals surface area contributed by atoms with E-state index in [2.05, 4.69) is 4.98 Å². The molecule has 0 N–H and O–H groups in total. The van der Waals surface area contributed by atoms with E-state index < -0.39 is 85.7 Å². The molecule has 0 radical (unpaired) electrons. The van der Waals surface area contributed by atoms with Gasteiger partial charge in [0.2, 0.25) is 9.84 Å². The van der Waals surface area contributed by atoms with Gasteiger partial charge in [-0.1, -0.05) is 32.0 Å². The molecule has 0 amide bonds. The molecule has 3 heterocycles. The van der Waals surface area contributed by atoms with E-state index in [1.54, 1.807) is 18.2 Å². The average molecular weight is 918 g/mol. The molecule has 2 saturated heterocycles. The topological polar surface area (TPSA) is 136 Å². The van der Waals surface area contributed by atoms with Gasteiger partial charge in [0.05, 0.1) is 31.8 Å². The van der Waals surface area contributed by atoms with Gasteiger partial charge in [-0.05, 0) is 110 Å². The minimum absolute atomic E-state index is 0.000256. The first-order valence-electron chi connectivity index (χ1n) is 19.0. The summed E-state index contributed by atoms with van der Waals surface area (Å²) in [5, 5.41) is 0. The number of oxazole rings is 1. The third kappa shape index (κ3) is 9.37. The molecule has 4 aromatic carbocycles. The van der Waals surface area contributed by atoms with Crippen LogP contribution in [0.1, 0.15) is 80.7 Å². The van der Waals surface area contributed by atoms with E-state index in [0.29, 0.717) is 47.5 Å². The Hall–Kier alpha value is -4.01. The molecule has 5 atom stereocenters. The number of nitrogens with zero attached hydrogens (tertiary/aromatic N) is 1. The van der Waals surface area contributed by atoms with Crippen LogP contribution in [-0.2, 0) is 64.0 Å². The van der Waals surface area contributed by atoms with Crippen LogP contribution in [0.15, 0.2) is 104 Å². The number of aryl methyl sites for hydroxylation is 1. The molecule has 0 saturated carbocycles. The molecule has 1 aromatic heterocycles. The molecule has 0 bridgehead atoms. The zero-order chi connectivity index (χ0) is 44.8. The SMILES string of the molecule is CCc1nc2cc(C3(S(=O)(=O)c4cccc(C(F)(F)F)c4)CC(C)CCO3)ccc2o1.C[S+]([O-])c1ccc(C2CC(C)(S(=O)(=O)c3cccc(C(F)(F)F)c3)CCO2)c(F)c1. The normalized spacial score (nSPS) is 23.3. The number of sulfone groups is 2. The Kier molecular flexibility index (Phi) is 13.2. The van der Waals surface area contributed by atoms with Crippen LogP contribution in [-0.4, -0.2) is 50.6 Å². The van der Waals surface area contributed by atoms with E-state index in [9.17, 15) is 52.1 Å². The fraction of sp³-hybridized carbons (Fsp3) is 0.405. The highest BCUT2D eigenvalue weighted by atomic mass is 32.2. The van der Waals surface area contributed by atoms with Crippen LogP contribution in [0.4, 0.5) is 30.7 Å². The van der Waals surface area contributed by atoms with Crippen LogP contribution in [0.25, 0.3) is 11.1 Å². The fourth-order valence-corrected chi connectivity index (χ4v) is 11.9. The lowest BCUT2D eigenvalue weighted by molar-refractivity contribution is -0.138. The van der Waals surface area contributed by atoms with Crippen molar-refractivity contribution in [2.75, 3.05) is 19.5 Å². The number of ether oxygens (including phenoxy) is 2. The molecule has 0 spiro atoms. The third-order valence-electron chi connectivity index (χ3n) is 11.0. The molecular weight excluding hydrogens is 876 g/mol. The molecule has 2 aliphatic rings. The van der Waals surface area contributed by atoms with Gasteiger partial charge in [-0.3, -0.25) is 0 Å². The summed E-state index contributed by atoms with van der Waals surface area (Å²) >= 11 is -1.39. The van der Waals surface area contributed by atoms with Crippen LogP contribution in [0.5, 0.6) is 0 Å². The van der Waals surface area contributed by atoms with Crippen molar-refractivity contribution in [2.24, 2.45) is 5.92 Å². The Morgan fingerprint density at radius 3 is 2.02 bits per heavy atom. The van der Waals surface area contributed by atoms with Crippen LogP contribution >= 0.6 is 0 Å². The van der Waals surface area contributed by atoms with Crippen LogP contribution in [0.2, 0.25) is 0 Å². The smallest absolute Gasteiger partial charge is 0.416 e. The Morgan fingerprint density at radius 1 is 0.836 bits per heavy atom. The maximum Gasteiger partial charge on any atom is 0.416 e. The lowest BCUT2D eigenvalue weighted by Crippen LogP contribution is -2.44. The molecule has 2 aliphatic heterocycles. The molecule has 61 heavy (non-hydrogen) atoms. The summed E-state index contributed by atoms with van der Waals surface area (Å²) in [5.74, 6) is -0.165. The Bertz CT molecular complexity index is 2620. The van der Waals surface area contributed by atoms with E-state index in [-0.39, 0.29) is 48.9 Å². The summed E-state index contributed by atoms with van der Waals surface area (Å²) in [4.78, 5) is 1.99. The Balaban J connectivity index is 0.000000204. The second kappa shape index (κ2) is 17.3. The predicted molar refractivity (Wildman–Crippen MR) is 212 cm³/mol. The number of hydrogen-bond acceptors (Lipinski definition) is 9. The van der Waals surface area contributed by atoms with Crippen molar-refractivity contribution in [1.82, 2.24) is 4.98 Å². The zero-order valence-electron chi connectivity index (χ0n) is 33.3. The van der Waals surface area contributed by atoms with Gasteiger partial charge in [0.15, 0.2) is 31.1 Å². The molecule has 0 aliphatic carbocycles. The summed E-state index contributed by atoms with van der Waals surface area (Å²) in [5.41, 5.74) is -0.628. The first kappa shape index (κ1) is 46.5. The van der Waals surface area contributed by atoms with E-state index in [1.165, 1.54) is 31.4 Å². The molecule has 7 rings (SSSR count). The highest BCUT2D eigenvalue weighted by molar-refractivity contribution is 7.93. The molecule has 330 valence electrons. The fourth-order valence-electron chi connectivity index (χ4n) is 7.47. The number of benzene rings is 4. The summed E-state index contributed by atoms with van der Waals surface area (Å²) in [6.07, 6.45) is -7.54. The maximum absolute atomic E-state index is 14.6. The molecule has 2 fully saturated rings. The summed E-state index contributed by atoms with van der Waals surface area (Å²) in [6, 6.07) is 16.2. The summed E-state index contributed by atoms with van der Waals surface area (Å²) in [7, 11) is -8.51. The monoisotopic (exact) mass is 917 g/mol. The molecule has 5 unspecified atom stereocenters. The maximum atomic E-state index is 14.6. The number of rotatable bonds is 8. The van der Waals surface area contributed by atoms with Gasteiger partial charge < -0.3 is 18.4 Å². The van der Waals surface area contributed by atoms with E-state index in [1.807, 2.05) is 13.8 Å². The zero-order valence-corrected chi connectivity index (χ0v) is 35.7. The van der Waals surface area contributed by atoms with Gasteiger partial charge in [0.25, 0.3) is 0 Å². The van der Waals surface area contributed by atoms with Gasteiger partial charge in [-0.25, -0.2) is 26.2 Å². The van der Waals surface area contributed by atoms with Gasteiger partial charge in [0.1, 0.15) is 17.6 Å². The quantitative estimate of drug-likeness (QED) is 0.110. The minimum Gasteiger partial charge on any atom is -0.612 e. The molecular formula is C42H42F7NO8S3. The molecule has 9 nitrogen and oxygen atoms in total. The van der Waals surface area contributed by atoms with Crippen LogP contribution in [0, 0.1) is 11.7 Å². The van der Waals surface area contributed by atoms with E-state index >= 15 is 0 Å². The number of aromatic nitrogens is 1. The summed E-state index contributed by atoms with van der Waals surface area (Å²) in [6.45, 7) is 5.40. The van der Waals surface area contributed by atoms with Crippen molar-refractivity contribution in [3.05, 3.63) is 119 Å². The number of alkyl halides is 6. The van der Waals surface area contributed by atoms with Gasteiger partial charge in [-0.15, -0.1) is 0 Å². The van der Waals surface area contributed by atoms with Crippen molar-refractivity contribution in [2.45, 2.75) is 95.7 Å². The van der Waals surface area contributed by atoms with Gasteiger partial charge >= 0.3 is 12.4 Å². The van der Waals surface area contributed by atoms with Crippen molar-refractivity contribution >= 4 is 42.0 Å². The lowest BCUT2D eigenvalue weighted by Gasteiger charge is -2.39. The highest BCUT2D eigenvalue weighted by Gasteiger charge is 2.51. The highest BCUT2D eigenvalue weighted by Crippen LogP contribution is 2.47. The van der Waals surface area contributed by atoms with Gasteiger partial charge in [0, 0.05) is 36.8 Å². The standard InChI is InChI=1S/C22H22F3NO4S.C20H20F4O4S2/c1-3-20-26-18-12-15(7-8-19(18)30-20)21(13-14(2)9-10-29-21)31(27,28)17-6-4-5-16(11-17)22(23,24)25;1-19(30(26,27)15-5-3-4-13(10-15)20(22,23)24)8-9-28-18(12-19)16-7-6-14(29(2)25)11-17(16)21/h4-8,11-12,14H,3,9-10,13H2,1-2H3;3-7,10-11,18H,8-9,12H2,1-2H3. The average Bonchev–Trinajstić information content (AvgIpc) is 3.63. The largest absolute Gasteiger partial charge is 0.612 e. The van der Waals surface area contributed by atoms with Crippen molar-refractivity contribution in [3.63, 3.8) is 0 Å². The molecule has 5 aromatic rings. The van der Waals surface area contributed by atoms with Crippen molar-refractivity contribution in [1.29, 1.82) is 0 Å². The first-order chi connectivity index (χ1) is 28.4. The van der Waals surface area contributed by atoms with E-state index in [4.69, 9.17) is 13.9 Å². The second-order valence-electron chi connectivity index (χ2n) is 15.3. The number of hydrogen-bond donors (Lipinski definition) is 0. The van der Waals surface area contributed by atoms with Crippen LogP contribution in [0.3, 0.4) is 0 Å². The Labute approximate surface area is 351 Å². The summed E-state index contributed by atoms with van der Waals surface area (Å²) < 4.78 is 175. The van der Waals surface area contributed by atoms with Crippen molar-refractivity contribution in [3.8, 4) is 0 Å². The molecule has 19 heteroatoms. The second-order valence-corrected chi connectivity index (χ2v) is 21.3. The number of fused-ring (bicyclic) bond motifs is 1. The van der Waals surface area contributed by atoms with E-state index in [0.717, 1.165) is 36.4 Å².